The SMILES string of the molecule is COc1cccc(CC(=O)O[C@H](C)C(=O)Nc2ccc(Cl)cn2)c1. The number of halogens is 1. The summed E-state index contributed by atoms with van der Waals surface area (Å²) >= 11 is 5.72. The Balaban J connectivity index is 1.88. The van der Waals surface area contributed by atoms with E-state index < -0.39 is 18.0 Å². The Kier molecular flexibility index (Phi) is 6.14. The second kappa shape index (κ2) is 8.31. The summed E-state index contributed by atoms with van der Waals surface area (Å²) in [6.45, 7) is 1.49. The van der Waals surface area contributed by atoms with Gasteiger partial charge in [-0.3, -0.25) is 9.59 Å². The van der Waals surface area contributed by atoms with Gasteiger partial charge in [-0.15, -0.1) is 0 Å². The molecule has 0 fully saturated rings. The van der Waals surface area contributed by atoms with Crippen LogP contribution in [0.1, 0.15) is 12.5 Å². The summed E-state index contributed by atoms with van der Waals surface area (Å²) < 4.78 is 10.2. The number of hydrogen-bond donors (Lipinski definition) is 1. The molecule has 0 saturated carbocycles. The van der Waals surface area contributed by atoms with Crippen molar-refractivity contribution in [1.82, 2.24) is 4.98 Å². The zero-order valence-corrected chi connectivity index (χ0v) is 14.0. The van der Waals surface area contributed by atoms with E-state index in [0.29, 0.717) is 16.6 Å². The molecule has 0 aliphatic rings. The molecule has 0 spiro atoms. The van der Waals surface area contributed by atoms with Crippen LogP contribution in [0, 0.1) is 0 Å². The molecule has 6 nitrogen and oxygen atoms in total. The molecule has 1 aromatic carbocycles. The van der Waals surface area contributed by atoms with Crippen molar-refractivity contribution >= 4 is 29.3 Å². The van der Waals surface area contributed by atoms with Crippen LogP contribution in [0.4, 0.5) is 5.82 Å². The van der Waals surface area contributed by atoms with Crippen LogP contribution in [0.2, 0.25) is 5.02 Å². The number of carbonyl (C=O) groups is 2. The molecule has 2 aromatic rings. The standard InChI is InChI=1S/C17H17ClN2O4/c1-11(17(22)20-15-7-6-13(18)10-19-15)24-16(21)9-12-4-3-5-14(8-12)23-2/h3-8,10-11H,9H2,1-2H3,(H,19,20,22)/t11-/m1/s1. The molecular formula is C17H17ClN2O4. The summed E-state index contributed by atoms with van der Waals surface area (Å²) in [6.07, 6.45) is 0.519. The molecule has 1 amide bonds. The van der Waals surface area contributed by atoms with Gasteiger partial charge in [0.15, 0.2) is 6.10 Å². The number of methoxy groups -OCH3 is 1. The number of aromatic nitrogens is 1. The van der Waals surface area contributed by atoms with Crippen molar-refractivity contribution in [1.29, 1.82) is 0 Å². The maximum Gasteiger partial charge on any atom is 0.311 e. The molecule has 1 atom stereocenters. The third-order valence-electron chi connectivity index (χ3n) is 3.14. The first-order chi connectivity index (χ1) is 11.5. The molecule has 0 aliphatic heterocycles. The lowest BCUT2D eigenvalue weighted by Gasteiger charge is -2.13. The summed E-state index contributed by atoms with van der Waals surface area (Å²) in [5, 5.41) is 3.01. The first kappa shape index (κ1) is 17.7. The fourth-order valence-electron chi connectivity index (χ4n) is 1.92. The molecule has 1 N–H and O–H groups in total. The van der Waals surface area contributed by atoms with Crippen LogP contribution in [0.3, 0.4) is 0 Å². The van der Waals surface area contributed by atoms with Crippen LogP contribution in [0.15, 0.2) is 42.6 Å². The third-order valence-corrected chi connectivity index (χ3v) is 3.36. The Morgan fingerprint density at radius 3 is 2.75 bits per heavy atom. The second-order valence-corrected chi connectivity index (χ2v) is 5.45. The van der Waals surface area contributed by atoms with Gasteiger partial charge in [-0.05, 0) is 36.8 Å². The number of anilines is 1. The molecular weight excluding hydrogens is 332 g/mol. The molecule has 1 heterocycles. The van der Waals surface area contributed by atoms with E-state index in [1.54, 1.807) is 43.5 Å². The fraction of sp³-hybridized carbons (Fsp3) is 0.235. The van der Waals surface area contributed by atoms with Crippen LogP contribution < -0.4 is 10.1 Å². The number of amides is 1. The fourth-order valence-corrected chi connectivity index (χ4v) is 2.03. The van der Waals surface area contributed by atoms with E-state index in [2.05, 4.69) is 10.3 Å². The molecule has 2 rings (SSSR count). The van der Waals surface area contributed by atoms with Crippen molar-refractivity contribution in [3.05, 3.63) is 53.2 Å². The van der Waals surface area contributed by atoms with Crippen molar-refractivity contribution in [2.24, 2.45) is 0 Å². The Morgan fingerprint density at radius 1 is 1.29 bits per heavy atom. The van der Waals surface area contributed by atoms with Crippen LogP contribution in [0.25, 0.3) is 0 Å². The van der Waals surface area contributed by atoms with E-state index in [0.717, 1.165) is 5.56 Å². The number of pyridine rings is 1. The number of esters is 1. The minimum atomic E-state index is -0.944. The molecule has 126 valence electrons. The van der Waals surface area contributed by atoms with E-state index in [-0.39, 0.29) is 6.42 Å². The highest BCUT2D eigenvalue weighted by Gasteiger charge is 2.18. The average Bonchev–Trinajstić information content (AvgIpc) is 2.56. The second-order valence-electron chi connectivity index (χ2n) is 5.01. The maximum atomic E-state index is 12.0. The lowest BCUT2D eigenvalue weighted by atomic mass is 10.1. The van der Waals surface area contributed by atoms with E-state index in [1.807, 2.05) is 0 Å². The van der Waals surface area contributed by atoms with Gasteiger partial charge >= 0.3 is 5.97 Å². The van der Waals surface area contributed by atoms with Crippen LogP contribution in [0.5, 0.6) is 5.75 Å². The Labute approximate surface area is 144 Å². The van der Waals surface area contributed by atoms with Crippen molar-refractivity contribution in [2.45, 2.75) is 19.4 Å². The Hall–Kier alpha value is -2.60. The highest BCUT2D eigenvalue weighted by Crippen LogP contribution is 2.14. The largest absolute Gasteiger partial charge is 0.497 e. The number of nitrogens with one attached hydrogen (secondary N) is 1. The van der Waals surface area contributed by atoms with Crippen molar-refractivity contribution in [2.75, 3.05) is 12.4 Å². The summed E-state index contributed by atoms with van der Waals surface area (Å²) in [7, 11) is 1.55. The van der Waals surface area contributed by atoms with Gasteiger partial charge in [0.1, 0.15) is 11.6 Å². The molecule has 0 radical (unpaired) electrons. The van der Waals surface area contributed by atoms with Gasteiger partial charge in [-0.25, -0.2) is 4.98 Å². The zero-order valence-electron chi connectivity index (χ0n) is 13.3. The quantitative estimate of drug-likeness (QED) is 0.812. The Morgan fingerprint density at radius 2 is 2.08 bits per heavy atom. The van der Waals surface area contributed by atoms with Gasteiger partial charge in [0.2, 0.25) is 0 Å². The first-order valence-corrected chi connectivity index (χ1v) is 7.60. The van der Waals surface area contributed by atoms with Gasteiger partial charge in [0, 0.05) is 6.20 Å². The molecule has 1 aromatic heterocycles. The molecule has 24 heavy (non-hydrogen) atoms. The molecule has 0 aliphatic carbocycles. The van der Waals surface area contributed by atoms with Crippen LogP contribution in [-0.2, 0) is 20.7 Å². The first-order valence-electron chi connectivity index (χ1n) is 7.23. The predicted molar refractivity (Wildman–Crippen MR) is 90.1 cm³/mol. The maximum absolute atomic E-state index is 12.0. The van der Waals surface area contributed by atoms with Crippen molar-refractivity contribution in [3.63, 3.8) is 0 Å². The van der Waals surface area contributed by atoms with E-state index in [4.69, 9.17) is 21.1 Å². The van der Waals surface area contributed by atoms with Gasteiger partial charge in [0.05, 0.1) is 18.6 Å². The van der Waals surface area contributed by atoms with Gasteiger partial charge in [-0.1, -0.05) is 23.7 Å². The van der Waals surface area contributed by atoms with E-state index in [9.17, 15) is 9.59 Å². The number of carbonyl (C=O) groups excluding carboxylic acids is 2. The number of hydrogen-bond acceptors (Lipinski definition) is 5. The lowest BCUT2D eigenvalue weighted by Crippen LogP contribution is -2.30. The summed E-state index contributed by atoms with van der Waals surface area (Å²) in [5.41, 5.74) is 0.742. The summed E-state index contributed by atoms with van der Waals surface area (Å²) in [6, 6.07) is 10.2. The number of ether oxygens (including phenoxy) is 2. The van der Waals surface area contributed by atoms with Crippen molar-refractivity contribution in [3.8, 4) is 5.75 Å². The zero-order chi connectivity index (χ0) is 17.5. The summed E-state index contributed by atoms with van der Waals surface area (Å²) in [4.78, 5) is 27.9. The lowest BCUT2D eigenvalue weighted by molar-refractivity contribution is -0.152. The molecule has 7 heteroatoms. The molecule has 0 unspecified atom stereocenters. The smallest absolute Gasteiger partial charge is 0.311 e. The van der Waals surface area contributed by atoms with Gasteiger partial charge < -0.3 is 14.8 Å². The average molecular weight is 349 g/mol. The predicted octanol–water partition coefficient (Wildman–Crippen LogP) is 2.86. The van der Waals surface area contributed by atoms with Gasteiger partial charge in [-0.2, -0.15) is 0 Å². The van der Waals surface area contributed by atoms with Gasteiger partial charge in [0.25, 0.3) is 5.91 Å². The van der Waals surface area contributed by atoms with Crippen LogP contribution >= 0.6 is 11.6 Å². The highest BCUT2D eigenvalue weighted by atomic mass is 35.5. The number of benzene rings is 1. The molecule has 0 bridgehead atoms. The normalized spacial score (nSPS) is 11.5. The topological polar surface area (TPSA) is 77.5 Å². The Bertz CT molecular complexity index is 719. The highest BCUT2D eigenvalue weighted by molar-refractivity contribution is 6.30. The summed E-state index contributed by atoms with van der Waals surface area (Å²) in [5.74, 6) is 0.0128. The van der Waals surface area contributed by atoms with E-state index >= 15 is 0 Å². The van der Waals surface area contributed by atoms with Crippen molar-refractivity contribution < 1.29 is 19.1 Å². The minimum Gasteiger partial charge on any atom is -0.497 e. The third kappa shape index (κ3) is 5.24. The monoisotopic (exact) mass is 348 g/mol. The number of nitrogens with zero attached hydrogens (tertiary/aromatic N) is 1. The minimum absolute atomic E-state index is 0.0496. The molecule has 0 saturated heterocycles. The van der Waals surface area contributed by atoms with Crippen LogP contribution in [-0.4, -0.2) is 30.1 Å². The number of rotatable bonds is 6. The van der Waals surface area contributed by atoms with E-state index in [1.165, 1.54) is 13.1 Å².